The highest BCUT2D eigenvalue weighted by Gasteiger charge is 2.15. The highest BCUT2D eigenvalue weighted by atomic mass is 16.5. The summed E-state index contributed by atoms with van der Waals surface area (Å²) in [6, 6.07) is 14.7. The summed E-state index contributed by atoms with van der Waals surface area (Å²) in [4.78, 5) is 0. The SMILES string of the molecule is CCCCCCCCCCNCC(O)COc1cccc2c1c1ccccc1n2CC=C(C)C. The van der Waals surface area contributed by atoms with Gasteiger partial charge in [0.1, 0.15) is 18.5 Å². The molecule has 0 aliphatic carbocycles. The molecule has 0 saturated heterocycles. The number of benzene rings is 2. The topological polar surface area (TPSA) is 46.4 Å². The van der Waals surface area contributed by atoms with Gasteiger partial charge >= 0.3 is 0 Å². The number of unbranched alkanes of at least 4 members (excludes halogenated alkanes) is 7. The van der Waals surface area contributed by atoms with Gasteiger partial charge in [-0.05, 0) is 45.0 Å². The minimum atomic E-state index is -0.525. The first-order valence-electron chi connectivity index (χ1n) is 13.3. The zero-order valence-electron chi connectivity index (χ0n) is 21.5. The van der Waals surface area contributed by atoms with E-state index in [0.717, 1.165) is 24.2 Å². The molecule has 1 atom stereocenters. The molecule has 1 heterocycles. The van der Waals surface area contributed by atoms with Gasteiger partial charge in [0, 0.05) is 29.4 Å². The number of hydrogen-bond acceptors (Lipinski definition) is 3. The Hall–Kier alpha value is -2.30. The largest absolute Gasteiger partial charge is 0.490 e. The van der Waals surface area contributed by atoms with E-state index >= 15 is 0 Å². The normalized spacial score (nSPS) is 12.4. The number of aromatic nitrogens is 1. The van der Waals surface area contributed by atoms with Gasteiger partial charge in [0.2, 0.25) is 0 Å². The van der Waals surface area contributed by atoms with E-state index in [9.17, 15) is 5.11 Å². The lowest BCUT2D eigenvalue weighted by Gasteiger charge is -2.14. The van der Waals surface area contributed by atoms with Crippen molar-refractivity contribution < 1.29 is 9.84 Å². The first-order chi connectivity index (χ1) is 16.6. The second-order valence-corrected chi connectivity index (χ2v) is 9.70. The van der Waals surface area contributed by atoms with Gasteiger partial charge in [0.15, 0.2) is 0 Å². The van der Waals surface area contributed by atoms with Crippen LogP contribution >= 0.6 is 0 Å². The average Bonchev–Trinajstić information content (AvgIpc) is 3.16. The Kier molecular flexibility index (Phi) is 11.0. The molecule has 3 rings (SSSR count). The molecule has 0 saturated carbocycles. The van der Waals surface area contributed by atoms with Crippen molar-refractivity contribution in [2.24, 2.45) is 0 Å². The van der Waals surface area contributed by atoms with Gasteiger partial charge in [-0.1, -0.05) is 87.8 Å². The lowest BCUT2D eigenvalue weighted by atomic mass is 10.1. The number of nitrogens with one attached hydrogen (secondary N) is 1. The highest BCUT2D eigenvalue weighted by Crippen LogP contribution is 2.35. The van der Waals surface area contributed by atoms with Crippen LogP contribution in [0.25, 0.3) is 21.8 Å². The van der Waals surface area contributed by atoms with Crippen LogP contribution in [-0.4, -0.2) is 35.5 Å². The quantitative estimate of drug-likeness (QED) is 0.174. The Labute approximate surface area is 206 Å². The number of para-hydroxylation sites is 1. The first kappa shape index (κ1) is 26.3. The molecule has 0 aliphatic heterocycles. The fraction of sp³-hybridized carbons (Fsp3) is 0.533. The van der Waals surface area contributed by atoms with E-state index in [-0.39, 0.29) is 6.61 Å². The van der Waals surface area contributed by atoms with Crippen molar-refractivity contribution in [3.05, 3.63) is 54.1 Å². The second-order valence-electron chi connectivity index (χ2n) is 9.70. The van der Waals surface area contributed by atoms with Gasteiger partial charge in [-0.25, -0.2) is 0 Å². The first-order valence-corrected chi connectivity index (χ1v) is 13.3. The predicted molar refractivity (Wildman–Crippen MR) is 146 cm³/mol. The third-order valence-corrected chi connectivity index (χ3v) is 6.46. The molecule has 0 amide bonds. The van der Waals surface area contributed by atoms with E-state index < -0.39 is 6.10 Å². The lowest BCUT2D eigenvalue weighted by molar-refractivity contribution is 0.107. The summed E-state index contributed by atoms with van der Waals surface area (Å²) in [5.41, 5.74) is 3.68. The number of allylic oxidation sites excluding steroid dienone is 2. The highest BCUT2D eigenvalue weighted by molar-refractivity contribution is 6.11. The Morgan fingerprint density at radius 1 is 0.941 bits per heavy atom. The summed E-state index contributed by atoms with van der Waals surface area (Å²) >= 11 is 0. The number of fused-ring (bicyclic) bond motifs is 3. The molecular weight excluding hydrogens is 420 g/mol. The summed E-state index contributed by atoms with van der Waals surface area (Å²) < 4.78 is 8.49. The predicted octanol–water partition coefficient (Wildman–Crippen LogP) is 7.23. The molecule has 0 aliphatic rings. The molecule has 1 aromatic heterocycles. The molecule has 0 radical (unpaired) electrons. The molecule has 34 heavy (non-hydrogen) atoms. The van der Waals surface area contributed by atoms with E-state index in [4.69, 9.17) is 4.74 Å². The monoisotopic (exact) mass is 464 g/mol. The maximum atomic E-state index is 10.5. The van der Waals surface area contributed by atoms with Gasteiger partial charge in [0.05, 0.1) is 5.52 Å². The number of aliphatic hydroxyl groups is 1. The Bertz CT molecular complexity index is 1030. The Morgan fingerprint density at radius 2 is 1.65 bits per heavy atom. The molecule has 0 fully saturated rings. The molecule has 0 bridgehead atoms. The third-order valence-electron chi connectivity index (χ3n) is 6.46. The van der Waals surface area contributed by atoms with Crippen LogP contribution < -0.4 is 10.1 Å². The van der Waals surface area contributed by atoms with Crippen LogP contribution in [0.1, 0.15) is 72.1 Å². The molecule has 4 nitrogen and oxygen atoms in total. The smallest absolute Gasteiger partial charge is 0.129 e. The average molecular weight is 465 g/mol. The minimum Gasteiger partial charge on any atom is -0.490 e. The number of rotatable bonds is 16. The van der Waals surface area contributed by atoms with E-state index in [1.165, 1.54) is 73.4 Å². The van der Waals surface area contributed by atoms with Crippen LogP contribution in [0, 0.1) is 0 Å². The van der Waals surface area contributed by atoms with Crippen molar-refractivity contribution in [1.29, 1.82) is 0 Å². The van der Waals surface area contributed by atoms with Crippen LogP contribution in [-0.2, 0) is 6.54 Å². The molecule has 2 N–H and O–H groups in total. The Balaban J connectivity index is 1.51. The fourth-order valence-electron chi connectivity index (χ4n) is 4.55. The van der Waals surface area contributed by atoms with Crippen molar-refractivity contribution in [1.82, 2.24) is 9.88 Å². The summed E-state index contributed by atoms with van der Waals surface area (Å²) in [7, 11) is 0. The van der Waals surface area contributed by atoms with Gasteiger partial charge in [0.25, 0.3) is 0 Å². The lowest BCUT2D eigenvalue weighted by Crippen LogP contribution is -2.32. The van der Waals surface area contributed by atoms with Gasteiger partial charge in [-0.15, -0.1) is 0 Å². The number of hydrogen-bond donors (Lipinski definition) is 2. The third kappa shape index (κ3) is 7.61. The van der Waals surface area contributed by atoms with Gasteiger partial charge < -0.3 is 19.7 Å². The summed E-state index contributed by atoms with van der Waals surface area (Å²) in [5, 5.41) is 16.2. The summed E-state index contributed by atoms with van der Waals surface area (Å²) in [6.45, 7) is 9.17. The van der Waals surface area contributed by atoms with Crippen LogP contribution in [0.4, 0.5) is 0 Å². The molecular formula is C30H44N2O2. The van der Waals surface area contributed by atoms with E-state index in [1.54, 1.807) is 0 Å². The maximum absolute atomic E-state index is 10.5. The van der Waals surface area contributed by atoms with E-state index in [0.29, 0.717) is 6.54 Å². The van der Waals surface area contributed by atoms with Gasteiger partial charge in [-0.3, -0.25) is 0 Å². The summed E-state index contributed by atoms with van der Waals surface area (Å²) in [5.74, 6) is 0.840. The van der Waals surface area contributed by atoms with Crippen LogP contribution in [0.2, 0.25) is 0 Å². The maximum Gasteiger partial charge on any atom is 0.129 e. The van der Waals surface area contributed by atoms with E-state index in [2.05, 4.69) is 67.1 Å². The van der Waals surface area contributed by atoms with Crippen LogP contribution in [0.5, 0.6) is 5.75 Å². The fourth-order valence-corrected chi connectivity index (χ4v) is 4.55. The number of aliphatic hydroxyl groups excluding tert-OH is 1. The van der Waals surface area contributed by atoms with Crippen LogP contribution in [0.3, 0.4) is 0 Å². The van der Waals surface area contributed by atoms with E-state index in [1.807, 2.05) is 12.1 Å². The molecule has 3 aromatic rings. The van der Waals surface area contributed by atoms with Crippen molar-refractivity contribution in [3.8, 4) is 5.75 Å². The standard InChI is InChI=1S/C30H44N2O2/c1-4-5-6-7-8-9-10-13-20-31-22-25(33)23-34-29-18-14-17-28-30(29)26-15-11-12-16-27(26)32(28)21-19-24(2)3/h11-12,14-19,25,31,33H,4-10,13,20-23H2,1-3H3. The Morgan fingerprint density at radius 3 is 2.41 bits per heavy atom. The zero-order chi connectivity index (χ0) is 24.2. The molecule has 1 unspecified atom stereocenters. The van der Waals surface area contributed by atoms with Crippen molar-refractivity contribution >= 4 is 21.8 Å². The number of nitrogens with zero attached hydrogens (tertiary/aromatic N) is 1. The van der Waals surface area contributed by atoms with Crippen molar-refractivity contribution in [2.75, 3.05) is 19.7 Å². The van der Waals surface area contributed by atoms with Crippen molar-refractivity contribution in [3.63, 3.8) is 0 Å². The minimum absolute atomic E-state index is 0.289. The molecule has 2 aromatic carbocycles. The zero-order valence-corrected chi connectivity index (χ0v) is 21.5. The van der Waals surface area contributed by atoms with Crippen LogP contribution in [0.15, 0.2) is 54.1 Å². The molecule has 0 spiro atoms. The molecule has 186 valence electrons. The van der Waals surface area contributed by atoms with Gasteiger partial charge in [-0.2, -0.15) is 0 Å². The molecule has 4 heteroatoms. The number of ether oxygens (including phenoxy) is 1. The summed E-state index contributed by atoms with van der Waals surface area (Å²) in [6.07, 6.45) is 12.3. The second kappa shape index (κ2) is 14.2. The van der Waals surface area contributed by atoms with Crippen molar-refractivity contribution in [2.45, 2.75) is 84.8 Å².